The lowest BCUT2D eigenvalue weighted by molar-refractivity contribution is -0.142. The molecule has 0 spiro atoms. The number of hydrogen-bond acceptors (Lipinski definition) is 5. The van der Waals surface area contributed by atoms with Gasteiger partial charge in [-0.2, -0.15) is 0 Å². The summed E-state index contributed by atoms with van der Waals surface area (Å²) in [6, 6.07) is 3.30. The first-order valence-electron chi connectivity index (χ1n) is 8.59. The van der Waals surface area contributed by atoms with Crippen LogP contribution in [-0.4, -0.2) is 50.2 Å². The highest BCUT2D eigenvalue weighted by atomic mass is 32.2. The number of hydrogen-bond donors (Lipinski definition) is 3. The molecule has 1 atom stereocenters. The molecule has 0 aliphatic heterocycles. The Labute approximate surface area is 159 Å². The van der Waals surface area contributed by atoms with E-state index in [1.165, 1.54) is 12.1 Å². The van der Waals surface area contributed by atoms with Crippen molar-refractivity contribution in [2.24, 2.45) is 5.92 Å². The van der Waals surface area contributed by atoms with Gasteiger partial charge >= 0.3 is 5.97 Å². The maximum atomic E-state index is 12.2. The van der Waals surface area contributed by atoms with Crippen LogP contribution in [0.4, 0.5) is 0 Å². The van der Waals surface area contributed by atoms with Crippen LogP contribution in [0.3, 0.4) is 0 Å². The summed E-state index contributed by atoms with van der Waals surface area (Å²) in [5, 5.41) is 13.9. The lowest BCUT2D eigenvalue weighted by Crippen LogP contribution is -2.46. The fraction of sp³-hybridized carbons (Fsp3) is 0.500. The van der Waals surface area contributed by atoms with E-state index >= 15 is 0 Å². The fourth-order valence-corrected chi connectivity index (χ4v) is 3.56. The van der Waals surface area contributed by atoms with Gasteiger partial charge in [-0.15, -0.1) is 0 Å². The Morgan fingerprint density at radius 2 is 1.81 bits per heavy atom. The van der Waals surface area contributed by atoms with Crippen LogP contribution in [0.2, 0.25) is 0 Å². The molecule has 0 fully saturated rings. The Morgan fingerprint density at radius 3 is 2.30 bits per heavy atom. The first-order valence-corrected chi connectivity index (χ1v) is 10.5. The minimum Gasteiger partial charge on any atom is -0.480 e. The van der Waals surface area contributed by atoms with Gasteiger partial charge in [0.05, 0.1) is 11.4 Å². The van der Waals surface area contributed by atoms with Crippen LogP contribution >= 0.6 is 0 Å². The number of nitrogens with one attached hydrogen (secondary N) is 2. The number of sulfone groups is 1. The van der Waals surface area contributed by atoms with Crippen LogP contribution in [-0.2, 0) is 25.8 Å². The van der Waals surface area contributed by atoms with Gasteiger partial charge in [-0.25, -0.2) is 13.2 Å². The van der Waals surface area contributed by atoms with Gasteiger partial charge in [0, 0.05) is 11.8 Å². The predicted molar refractivity (Wildman–Crippen MR) is 100 cm³/mol. The van der Waals surface area contributed by atoms with Crippen LogP contribution in [0.25, 0.3) is 0 Å². The van der Waals surface area contributed by atoms with Gasteiger partial charge in [-0.1, -0.05) is 26.8 Å². The molecule has 0 heterocycles. The van der Waals surface area contributed by atoms with Crippen LogP contribution in [0.5, 0.6) is 0 Å². The molecule has 3 N–H and O–H groups in total. The molecular formula is C18H26N2O6S. The predicted octanol–water partition coefficient (Wildman–Crippen LogP) is 0.998. The van der Waals surface area contributed by atoms with Crippen molar-refractivity contribution in [2.75, 3.05) is 12.8 Å². The van der Waals surface area contributed by atoms with Crippen LogP contribution in [0, 0.1) is 5.92 Å². The van der Waals surface area contributed by atoms with Gasteiger partial charge in [0.25, 0.3) is 5.91 Å². The molecule has 1 aromatic carbocycles. The van der Waals surface area contributed by atoms with Gasteiger partial charge < -0.3 is 15.7 Å². The van der Waals surface area contributed by atoms with Crippen LogP contribution in [0.15, 0.2) is 23.1 Å². The van der Waals surface area contributed by atoms with E-state index in [-0.39, 0.29) is 22.8 Å². The third-order valence-corrected chi connectivity index (χ3v) is 5.04. The molecule has 0 aromatic heterocycles. The van der Waals surface area contributed by atoms with Crippen molar-refractivity contribution in [1.29, 1.82) is 0 Å². The molecule has 0 bridgehead atoms. The second-order valence-electron chi connectivity index (χ2n) is 6.72. The number of carbonyl (C=O) groups excluding carboxylic acids is 2. The highest BCUT2D eigenvalue weighted by Gasteiger charge is 2.21. The van der Waals surface area contributed by atoms with Crippen molar-refractivity contribution < 1.29 is 27.9 Å². The zero-order valence-corrected chi connectivity index (χ0v) is 16.7. The van der Waals surface area contributed by atoms with Crippen molar-refractivity contribution in [2.45, 2.75) is 44.6 Å². The maximum absolute atomic E-state index is 12.2. The average Bonchev–Trinajstić information content (AvgIpc) is 2.57. The summed E-state index contributed by atoms with van der Waals surface area (Å²) >= 11 is 0. The fourth-order valence-electron chi connectivity index (χ4n) is 2.53. The molecule has 8 nitrogen and oxygen atoms in total. The highest BCUT2D eigenvalue weighted by molar-refractivity contribution is 7.90. The van der Waals surface area contributed by atoms with Crippen LogP contribution in [0.1, 0.15) is 43.1 Å². The van der Waals surface area contributed by atoms with Crippen molar-refractivity contribution in [3.63, 3.8) is 0 Å². The molecule has 0 saturated carbocycles. The van der Waals surface area contributed by atoms with E-state index in [2.05, 4.69) is 10.6 Å². The second-order valence-corrected chi connectivity index (χ2v) is 8.70. The van der Waals surface area contributed by atoms with E-state index in [9.17, 15) is 22.8 Å². The summed E-state index contributed by atoms with van der Waals surface area (Å²) in [7, 11) is -3.49. The average molecular weight is 398 g/mol. The smallest absolute Gasteiger partial charge is 0.326 e. The molecule has 0 saturated heterocycles. The molecule has 9 heteroatoms. The molecule has 0 radical (unpaired) electrons. The number of carboxylic acids is 1. The number of carbonyl (C=O) groups is 3. The number of carboxylic acid groups (broad SMARTS) is 1. The van der Waals surface area contributed by atoms with Gasteiger partial charge in [0.2, 0.25) is 5.91 Å². The van der Waals surface area contributed by atoms with E-state index in [0.717, 1.165) is 6.26 Å². The van der Waals surface area contributed by atoms with Crippen LogP contribution < -0.4 is 10.6 Å². The minimum atomic E-state index is -3.49. The third-order valence-electron chi connectivity index (χ3n) is 3.86. The standard InChI is InChI=1S/C18H26N2O6S/c1-5-12-6-7-13(9-15(12)27(4,25)26)17(22)19-10-16(21)20-14(18(23)24)8-11(2)3/h6-7,9,11,14H,5,8,10H2,1-4H3,(H,19,22)(H,20,21)(H,23,24)/t14-/m0/s1. The highest BCUT2D eigenvalue weighted by Crippen LogP contribution is 2.18. The van der Waals surface area contributed by atoms with Gasteiger partial charge in [0.1, 0.15) is 6.04 Å². The Morgan fingerprint density at radius 1 is 1.19 bits per heavy atom. The lowest BCUT2D eigenvalue weighted by atomic mass is 10.0. The molecule has 0 aliphatic carbocycles. The molecule has 0 aliphatic rings. The first-order chi connectivity index (χ1) is 12.5. The second kappa shape index (κ2) is 9.50. The molecule has 1 rings (SSSR count). The van der Waals surface area contributed by atoms with Gasteiger partial charge in [-0.3, -0.25) is 9.59 Å². The van der Waals surface area contributed by atoms with E-state index in [0.29, 0.717) is 12.0 Å². The lowest BCUT2D eigenvalue weighted by Gasteiger charge is -2.16. The van der Waals surface area contributed by atoms with E-state index in [1.54, 1.807) is 6.07 Å². The molecular weight excluding hydrogens is 372 g/mol. The largest absolute Gasteiger partial charge is 0.480 e. The summed E-state index contributed by atoms with van der Waals surface area (Å²) in [5.74, 6) is -2.32. The van der Waals surface area contributed by atoms with Gasteiger partial charge in [0.15, 0.2) is 9.84 Å². The maximum Gasteiger partial charge on any atom is 0.326 e. The van der Waals surface area contributed by atoms with Crippen molar-refractivity contribution in [3.05, 3.63) is 29.3 Å². The van der Waals surface area contributed by atoms with E-state index in [1.807, 2.05) is 20.8 Å². The van der Waals surface area contributed by atoms with E-state index in [4.69, 9.17) is 5.11 Å². The number of amides is 2. The third kappa shape index (κ3) is 7.01. The topological polar surface area (TPSA) is 130 Å². The Hall–Kier alpha value is -2.42. The quantitative estimate of drug-likeness (QED) is 0.569. The zero-order chi connectivity index (χ0) is 20.8. The molecule has 1 aromatic rings. The normalized spacial score (nSPS) is 12.5. The monoisotopic (exact) mass is 398 g/mol. The summed E-state index contributed by atoms with van der Waals surface area (Å²) in [6.07, 6.45) is 1.84. The number of aliphatic carboxylic acids is 1. The number of benzene rings is 1. The summed E-state index contributed by atoms with van der Waals surface area (Å²) in [4.78, 5) is 35.4. The Kier molecular flexibility index (Phi) is 7.96. The minimum absolute atomic E-state index is 0.0741. The van der Waals surface area contributed by atoms with E-state index < -0.39 is 40.2 Å². The Bertz CT molecular complexity index is 817. The van der Waals surface area contributed by atoms with Crippen molar-refractivity contribution in [1.82, 2.24) is 10.6 Å². The molecule has 150 valence electrons. The summed E-state index contributed by atoms with van der Waals surface area (Å²) in [6.45, 7) is 5.07. The van der Waals surface area contributed by atoms with Gasteiger partial charge in [-0.05, 0) is 36.5 Å². The summed E-state index contributed by atoms with van der Waals surface area (Å²) in [5.41, 5.74) is 0.710. The summed E-state index contributed by atoms with van der Waals surface area (Å²) < 4.78 is 23.8. The molecule has 27 heavy (non-hydrogen) atoms. The number of aryl methyl sites for hydroxylation is 1. The Balaban J connectivity index is 2.80. The molecule has 0 unspecified atom stereocenters. The number of rotatable bonds is 9. The molecule has 2 amide bonds. The SMILES string of the molecule is CCc1ccc(C(=O)NCC(=O)N[C@@H](CC(C)C)C(=O)O)cc1S(C)(=O)=O. The van der Waals surface area contributed by atoms with Crippen molar-refractivity contribution >= 4 is 27.6 Å². The van der Waals surface area contributed by atoms with Crippen molar-refractivity contribution in [3.8, 4) is 0 Å². The first kappa shape index (κ1) is 22.6. The zero-order valence-electron chi connectivity index (χ0n) is 15.9.